The minimum atomic E-state index is 0.751. The molecule has 0 saturated heterocycles. The third kappa shape index (κ3) is 2.48. The Hall–Kier alpha value is -2.35. The fourth-order valence-electron chi connectivity index (χ4n) is 1.89. The molecule has 0 atom stereocenters. The van der Waals surface area contributed by atoms with E-state index in [0.29, 0.717) is 0 Å². The molecule has 2 rings (SSSR count). The van der Waals surface area contributed by atoms with Crippen LogP contribution in [0.5, 0.6) is 0 Å². The predicted octanol–water partition coefficient (Wildman–Crippen LogP) is 3.84. The minimum absolute atomic E-state index is 0.751. The molecule has 0 aliphatic carbocycles. The number of hydrogen-bond acceptors (Lipinski definition) is 2. The fourth-order valence-corrected chi connectivity index (χ4v) is 1.89. The van der Waals surface area contributed by atoms with Gasteiger partial charge in [-0.3, -0.25) is 5.43 Å². The Kier molecular flexibility index (Phi) is 3.58. The van der Waals surface area contributed by atoms with Crippen LogP contribution in [-0.2, 0) is 0 Å². The summed E-state index contributed by atoms with van der Waals surface area (Å²) in [4.78, 5) is 0. The van der Waals surface area contributed by atoms with E-state index in [0.717, 1.165) is 16.8 Å². The van der Waals surface area contributed by atoms with Crippen LogP contribution >= 0.6 is 0 Å². The molecule has 0 fully saturated rings. The molecule has 2 nitrogen and oxygen atoms in total. The molecule has 0 amide bonds. The van der Waals surface area contributed by atoms with Crippen LogP contribution < -0.4 is 5.43 Å². The normalized spacial score (nSPS) is 9.83. The molecule has 0 aliphatic heterocycles. The van der Waals surface area contributed by atoms with Gasteiger partial charge in [0.25, 0.3) is 0 Å². The Bertz CT molecular complexity index is 568. The zero-order chi connectivity index (χ0) is 13.0. The first-order chi connectivity index (χ1) is 8.72. The highest BCUT2D eigenvalue weighted by molar-refractivity contribution is 5.79. The van der Waals surface area contributed by atoms with Crippen molar-refractivity contribution in [1.82, 2.24) is 5.43 Å². The van der Waals surface area contributed by atoms with Gasteiger partial charge >= 0.3 is 0 Å². The van der Waals surface area contributed by atoms with Gasteiger partial charge in [0.15, 0.2) is 0 Å². The molecule has 2 heteroatoms. The quantitative estimate of drug-likeness (QED) is 0.633. The number of hydrazone groups is 1. The topological polar surface area (TPSA) is 24.4 Å². The molecule has 0 aliphatic rings. The number of rotatable bonds is 4. The molecule has 0 aromatic heterocycles. The fraction of sp³-hybridized carbons (Fsp3) is 0.0625. The summed E-state index contributed by atoms with van der Waals surface area (Å²) in [6.07, 6.45) is 0. The van der Waals surface area contributed by atoms with E-state index in [1.165, 1.54) is 11.1 Å². The SMILES string of the molecule is C=NNC(=C)c1ccccc1-c1ccc(C)cc1. The summed E-state index contributed by atoms with van der Waals surface area (Å²) in [5.41, 5.74) is 8.15. The van der Waals surface area contributed by atoms with Gasteiger partial charge in [-0.15, -0.1) is 0 Å². The first-order valence-electron chi connectivity index (χ1n) is 5.79. The second-order valence-electron chi connectivity index (χ2n) is 4.16. The lowest BCUT2D eigenvalue weighted by Crippen LogP contribution is -2.03. The van der Waals surface area contributed by atoms with Gasteiger partial charge in [-0.25, -0.2) is 0 Å². The molecule has 18 heavy (non-hydrogen) atoms. The van der Waals surface area contributed by atoms with E-state index in [1.54, 1.807) is 0 Å². The van der Waals surface area contributed by atoms with E-state index in [2.05, 4.69) is 61.1 Å². The van der Waals surface area contributed by atoms with Crippen LogP contribution in [0, 0.1) is 6.92 Å². The van der Waals surface area contributed by atoms with Crippen molar-refractivity contribution in [2.45, 2.75) is 6.92 Å². The smallest absolute Gasteiger partial charge is 0.0568 e. The van der Waals surface area contributed by atoms with Crippen molar-refractivity contribution in [2.24, 2.45) is 5.10 Å². The Morgan fingerprint density at radius 2 is 1.72 bits per heavy atom. The van der Waals surface area contributed by atoms with Gasteiger partial charge in [-0.2, -0.15) is 5.10 Å². The van der Waals surface area contributed by atoms with Crippen LogP contribution in [-0.4, -0.2) is 6.72 Å². The van der Waals surface area contributed by atoms with Gasteiger partial charge in [0, 0.05) is 12.3 Å². The molecular weight excluding hydrogens is 220 g/mol. The molecule has 90 valence electrons. The van der Waals surface area contributed by atoms with Crippen molar-refractivity contribution in [2.75, 3.05) is 0 Å². The van der Waals surface area contributed by atoms with Crippen molar-refractivity contribution < 1.29 is 0 Å². The number of benzene rings is 2. The van der Waals surface area contributed by atoms with Gasteiger partial charge in [-0.1, -0.05) is 60.7 Å². The first kappa shape index (κ1) is 12.1. The molecule has 0 spiro atoms. The molecule has 1 N–H and O–H groups in total. The Morgan fingerprint density at radius 3 is 2.39 bits per heavy atom. The average molecular weight is 236 g/mol. The highest BCUT2D eigenvalue weighted by Crippen LogP contribution is 2.27. The Morgan fingerprint density at radius 1 is 1.06 bits per heavy atom. The summed E-state index contributed by atoms with van der Waals surface area (Å²) in [5.74, 6) is 0. The largest absolute Gasteiger partial charge is 0.279 e. The first-order valence-corrected chi connectivity index (χ1v) is 5.79. The second-order valence-corrected chi connectivity index (χ2v) is 4.16. The lowest BCUT2D eigenvalue weighted by Gasteiger charge is -2.11. The molecule has 0 bridgehead atoms. The van der Waals surface area contributed by atoms with Crippen molar-refractivity contribution in [3.63, 3.8) is 0 Å². The maximum atomic E-state index is 3.97. The standard InChI is InChI=1S/C16H16N2/c1-12-8-10-14(11-9-12)16-7-5-4-6-15(16)13(2)18-17-3/h4-11,18H,2-3H2,1H3. The van der Waals surface area contributed by atoms with E-state index in [4.69, 9.17) is 0 Å². The summed E-state index contributed by atoms with van der Waals surface area (Å²) in [6, 6.07) is 16.6. The van der Waals surface area contributed by atoms with Gasteiger partial charge in [0.05, 0.1) is 5.70 Å². The molecule has 0 heterocycles. The number of aryl methyl sites for hydroxylation is 1. The molecule has 0 unspecified atom stereocenters. The maximum absolute atomic E-state index is 3.97. The predicted molar refractivity (Wildman–Crippen MR) is 78.3 cm³/mol. The van der Waals surface area contributed by atoms with E-state index >= 15 is 0 Å². The van der Waals surface area contributed by atoms with Crippen LogP contribution in [0.2, 0.25) is 0 Å². The number of nitrogens with zero attached hydrogens (tertiary/aromatic N) is 1. The van der Waals surface area contributed by atoms with Crippen LogP contribution in [0.15, 0.2) is 60.2 Å². The number of hydrogen-bond donors (Lipinski definition) is 1. The summed E-state index contributed by atoms with van der Waals surface area (Å²) in [6.45, 7) is 9.47. The van der Waals surface area contributed by atoms with Crippen molar-refractivity contribution in [3.05, 3.63) is 66.2 Å². The Labute approximate surface area is 108 Å². The molecule has 2 aromatic carbocycles. The monoisotopic (exact) mass is 236 g/mol. The second kappa shape index (κ2) is 5.32. The lowest BCUT2D eigenvalue weighted by atomic mass is 9.97. The lowest BCUT2D eigenvalue weighted by molar-refractivity contribution is 1.01. The van der Waals surface area contributed by atoms with E-state index < -0.39 is 0 Å². The molecular formula is C16H16N2. The summed E-state index contributed by atoms with van der Waals surface area (Å²) in [7, 11) is 0. The third-order valence-electron chi connectivity index (χ3n) is 2.83. The van der Waals surface area contributed by atoms with Crippen LogP contribution in [0.4, 0.5) is 0 Å². The average Bonchev–Trinajstić information content (AvgIpc) is 2.40. The Balaban J connectivity index is 2.47. The van der Waals surface area contributed by atoms with Crippen molar-refractivity contribution in [3.8, 4) is 11.1 Å². The molecule has 0 saturated carbocycles. The van der Waals surface area contributed by atoms with Gasteiger partial charge in [0.1, 0.15) is 0 Å². The van der Waals surface area contributed by atoms with Gasteiger partial charge in [-0.05, 0) is 18.1 Å². The van der Waals surface area contributed by atoms with Crippen LogP contribution in [0.1, 0.15) is 11.1 Å². The summed E-state index contributed by atoms with van der Waals surface area (Å²) < 4.78 is 0. The van der Waals surface area contributed by atoms with E-state index in [-0.39, 0.29) is 0 Å². The highest BCUT2D eigenvalue weighted by atomic mass is 15.3. The summed E-state index contributed by atoms with van der Waals surface area (Å²) in [5, 5.41) is 3.66. The van der Waals surface area contributed by atoms with E-state index in [9.17, 15) is 0 Å². The number of nitrogens with one attached hydrogen (secondary N) is 1. The van der Waals surface area contributed by atoms with Gasteiger partial charge in [0.2, 0.25) is 0 Å². The highest BCUT2D eigenvalue weighted by Gasteiger charge is 2.06. The molecule has 0 radical (unpaired) electrons. The van der Waals surface area contributed by atoms with E-state index in [1.807, 2.05) is 18.2 Å². The zero-order valence-corrected chi connectivity index (χ0v) is 10.5. The minimum Gasteiger partial charge on any atom is -0.279 e. The van der Waals surface area contributed by atoms with Crippen molar-refractivity contribution >= 4 is 12.4 Å². The maximum Gasteiger partial charge on any atom is 0.0568 e. The van der Waals surface area contributed by atoms with Crippen molar-refractivity contribution in [1.29, 1.82) is 0 Å². The zero-order valence-electron chi connectivity index (χ0n) is 10.5. The molecule has 2 aromatic rings. The summed E-state index contributed by atoms with van der Waals surface area (Å²) >= 11 is 0. The van der Waals surface area contributed by atoms with Crippen LogP contribution in [0.3, 0.4) is 0 Å². The van der Waals surface area contributed by atoms with Gasteiger partial charge < -0.3 is 0 Å². The van der Waals surface area contributed by atoms with Crippen LogP contribution in [0.25, 0.3) is 16.8 Å². The third-order valence-corrected chi connectivity index (χ3v) is 2.83.